The second kappa shape index (κ2) is 6.13. The van der Waals surface area contributed by atoms with Gasteiger partial charge in [-0.2, -0.15) is 0 Å². The molecule has 1 saturated carbocycles. The molecule has 0 aliphatic heterocycles. The summed E-state index contributed by atoms with van der Waals surface area (Å²) < 4.78 is 28.0. The molecule has 114 valence electrons. The Morgan fingerprint density at radius 2 is 2.00 bits per heavy atom. The monoisotopic (exact) mass is 316 g/mol. The lowest BCUT2D eigenvalue weighted by molar-refractivity contribution is 0.539. The van der Waals surface area contributed by atoms with Gasteiger partial charge in [-0.25, -0.2) is 13.1 Å². The van der Waals surface area contributed by atoms with Crippen molar-refractivity contribution < 1.29 is 8.42 Å². The number of hydrogen-bond acceptors (Lipinski definition) is 4. The van der Waals surface area contributed by atoms with E-state index in [1.54, 1.807) is 6.07 Å². The third kappa shape index (κ3) is 4.04. The van der Waals surface area contributed by atoms with Crippen LogP contribution in [0.4, 0.5) is 0 Å². The van der Waals surface area contributed by atoms with Crippen molar-refractivity contribution in [2.75, 3.05) is 0 Å². The van der Waals surface area contributed by atoms with Crippen LogP contribution in [0.5, 0.6) is 0 Å². The van der Waals surface area contributed by atoms with E-state index in [2.05, 4.69) is 23.9 Å². The largest absolute Gasteiger partial charge is 0.310 e. The minimum atomic E-state index is -3.36. The van der Waals surface area contributed by atoms with Crippen LogP contribution in [-0.4, -0.2) is 20.5 Å². The fourth-order valence-electron chi connectivity index (χ4n) is 2.09. The third-order valence-corrected chi connectivity index (χ3v) is 6.87. The highest BCUT2D eigenvalue weighted by molar-refractivity contribution is 7.91. The first kappa shape index (κ1) is 15.9. The van der Waals surface area contributed by atoms with Gasteiger partial charge in [-0.3, -0.25) is 0 Å². The van der Waals surface area contributed by atoms with Crippen molar-refractivity contribution in [1.82, 2.24) is 10.0 Å². The quantitative estimate of drug-likeness (QED) is 0.813. The molecule has 0 amide bonds. The molecular formula is C14H24N2O2S2. The highest BCUT2D eigenvalue weighted by Gasteiger charge is 2.31. The van der Waals surface area contributed by atoms with Gasteiger partial charge >= 0.3 is 0 Å². The highest BCUT2D eigenvalue weighted by Crippen LogP contribution is 2.34. The van der Waals surface area contributed by atoms with E-state index in [0.29, 0.717) is 16.2 Å². The zero-order valence-electron chi connectivity index (χ0n) is 12.6. The van der Waals surface area contributed by atoms with Crippen LogP contribution in [0, 0.1) is 12.8 Å². The summed E-state index contributed by atoms with van der Waals surface area (Å²) in [7, 11) is -3.36. The number of thiophene rings is 1. The smallest absolute Gasteiger partial charge is 0.250 e. The van der Waals surface area contributed by atoms with E-state index in [4.69, 9.17) is 0 Å². The summed E-state index contributed by atoms with van der Waals surface area (Å²) in [6.07, 6.45) is 2.27. The predicted octanol–water partition coefficient (Wildman–Crippen LogP) is 2.63. The Bertz CT molecular complexity index is 560. The molecule has 1 aliphatic rings. The molecule has 0 spiro atoms. The van der Waals surface area contributed by atoms with Gasteiger partial charge in [0.1, 0.15) is 4.21 Å². The van der Waals surface area contributed by atoms with Crippen molar-refractivity contribution >= 4 is 21.4 Å². The minimum Gasteiger partial charge on any atom is -0.310 e. The van der Waals surface area contributed by atoms with Gasteiger partial charge < -0.3 is 5.32 Å². The maximum absolute atomic E-state index is 12.4. The van der Waals surface area contributed by atoms with Crippen LogP contribution >= 0.6 is 11.3 Å². The molecule has 20 heavy (non-hydrogen) atoms. The Labute approximate surface area is 126 Å². The fraction of sp³-hybridized carbons (Fsp3) is 0.714. The fourth-order valence-corrected chi connectivity index (χ4v) is 4.96. The summed E-state index contributed by atoms with van der Waals surface area (Å²) in [5.74, 6) is 0.521. The molecule has 2 N–H and O–H groups in total. The van der Waals surface area contributed by atoms with E-state index in [-0.39, 0.29) is 6.04 Å². The summed E-state index contributed by atoms with van der Waals surface area (Å²) in [5.41, 5.74) is 1.04. The summed E-state index contributed by atoms with van der Waals surface area (Å²) in [5, 5.41) is 3.33. The molecule has 0 saturated heterocycles. The van der Waals surface area contributed by atoms with Crippen molar-refractivity contribution in [3.8, 4) is 0 Å². The van der Waals surface area contributed by atoms with E-state index < -0.39 is 10.0 Å². The van der Waals surface area contributed by atoms with Gasteiger partial charge in [0.25, 0.3) is 0 Å². The minimum absolute atomic E-state index is 0.0413. The van der Waals surface area contributed by atoms with E-state index in [9.17, 15) is 8.42 Å². The Kier molecular flexibility index (Phi) is 4.89. The van der Waals surface area contributed by atoms with Gasteiger partial charge in [-0.05, 0) is 44.2 Å². The Hall–Kier alpha value is -0.430. The molecule has 0 radical (unpaired) electrons. The molecular weight excluding hydrogens is 292 g/mol. The summed E-state index contributed by atoms with van der Waals surface area (Å²) in [6.45, 7) is 8.81. The molecule has 1 unspecified atom stereocenters. The Balaban J connectivity index is 2.09. The third-order valence-electron chi connectivity index (χ3n) is 3.60. The van der Waals surface area contributed by atoms with Gasteiger partial charge in [-0.1, -0.05) is 13.8 Å². The SMILES string of the molecule is Cc1cc(S(=O)(=O)NC(C)C2CC2)sc1CNC(C)C. The van der Waals surface area contributed by atoms with Gasteiger partial charge in [-0.15, -0.1) is 11.3 Å². The van der Waals surface area contributed by atoms with Crippen LogP contribution in [0.2, 0.25) is 0 Å². The maximum atomic E-state index is 12.4. The first-order valence-electron chi connectivity index (χ1n) is 7.14. The topological polar surface area (TPSA) is 58.2 Å². The van der Waals surface area contributed by atoms with Crippen molar-refractivity contribution in [2.45, 2.75) is 63.4 Å². The number of sulfonamides is 1. The summed E-state index contributed by atoms with van der Waals surface area (Å²) in [4.78, 5) is 1.10. The molecule has 0 aromatic carbocycles. The number of hydrogen-bond donors (Lipinski definition) is 2. The lowest BCUT2D eigenvalue weighted by atomic mass is 10.2. The molecule has 1 aliphatic carbocycles. The molecule has 1 fully saturated rings. The van der Waals surface area contributed by atoms with Crippen molar-refractivity contribution in [2.24, 2.45) is 5.92 Å². The number of rotatable bonds is 7. The van der Waals surface area contributed by atoms with Crippen LogP contribution in [-0.2, 0) is 16.6 Å². The van der Waals surface area contributed by atoms with Gasteiger partial charge in [0, 0.05) is 23.5 Å². The maximum Gasteiger partial charge on any atom is 0.250 e. The van der Waals surface area contributed by atoms with Crippen LogP contribution in [0.3, 0.4) is 0 Å². The van der Waals surface area contributed by atoms with Crippen LogP contribution < -0.4 is 10.0 Å². The highest BCUT2D eigenvalue weighted by atomic mass is 32.2. The van der Waals surface area contributed by atoms with E-state index in [1.165, 1.54) is 11.3 Å². The van der Waals surface area contributed by atoms with Crippen LogP contribution in [0.1, 0.15) is 44.1 Å². The second-order valence-electron chi connectivity index (χ2n) is 5.95. The first-order valence-corrected chi connectivity index (χ1v) is 9.44. The van der Waals surface area contributed by atoms with Crippen LogP contribution in [0.25, 0.3) is 0 Å². The standard InChI is InChI=1S/C14H24N2O2S2/c1-9(2)15-8-13-10(3)7-14(19-13)20(17,18)16-11(4)12-5-6-12/h7,9,11-12,15-16H,5-6,8H2,1-4H3. The average molecular weight is 316 g/mol. The normalized spacial score (nSPS) is 17.6. The van der Waals surface area contributed by atoms with E-state index in [1.807, 2.05) is 13.8 Å². The van der Waals surface area contributed by atoms with Crippen molar-refractivity contribution in [3.63, 3.8) is 0 Å². The molecule has 4 nitrogen and oxygen atoms in total. The van der Waals surface area contributed by atoms with Crippen molar-refractivity contribution in [3.05, 3.63) is 16.5 Å². The Morgan fingerprint density at radius 1 is 1.35 bits per heavy atom. The van der Waals surface area contributed by atoms with Crippen molar-refractivity contribution in [1.29, 1.82) is 0 Å². The zero-order valence-corrected chi connectivity index (χ0v) is 14.2. The lowest BCUT2D eigenvalue weighted by Crippen LogP contribution is -2.33. The second-order valence-corrected chi connectivity index (χ2v) is 9.03. The van der Waals surface area contributed by atoms with E-state index in [0.717, 1.165) is 29.8 Å². The molecule has 1 heterocycles. The zero-order chi connectivity index (χ0) is 14.9. The van der Waals surface area contributed by atoms with Gasteiger partial charge in [0.05, 0.1) is 0 Å². The predicted molar refractivity (Wildman–Crippen MR) is 83.5 cm³/mol. The lowest BCUT2D eigenvalue weighted by Gasteiger charge is -2.11. The molecule has 1 aromatic rings. The Morgan fingerprint density at radius 3 is 2.55 bits per heavy atom. The van der Waals surface area contributed by atoms with Gasteiger partial charge in [0.15, 0.2) is 0 Å². The molecule has 1 aromatic heterocycles. The summed E-state index contributed by atoms with van der Waals surface area (Å²) in [6, 6.07) is 2.22. The van der Waals surface area contributed by atoms with Crippen LogP contribution in [0.15, 0.2) is 10.3 Å². The molecule has 0 bridgehead atoms. The molecule has 6 heteroatoms. The number of nitrogens with one attached hydrogen (secondary N) is 2. The van der Waals surface area contributed by atoms with Gasteiger partial charge in [0.2, 0.25) is 10.0 Å². The van der Waals surface area contributed by atoms with E-state index >= 15 is 0 Å². The first-order chi connectivity index (χ1) is 9.29. The number of aryl methyl sites for hydroxylation is 1. The molecule has 1 atom stereocenters. The summed E-state index contributed by atoms with van der Waals surface area (Å²) >= 11 is 1.37. The molecule has 2 rings (SSSR count). The average Bonchev–Trinajstić information content (AvgIpc) is 3.10.